The summed E-state index contributed by atoms with van der Waals surface area (Å²) in [6, 6.07) is 11.4. The molecule has 0 amide bonds. The van der Waals surface area contributed by atoms with E-state index in [2.05, 4.69) is 10.2 Å². The van der Waals surface area contributed by atoms with Crippen LogP contribution in [-0.4, -0.2) is 16.7 Å². The smallest absolute Gasteiger partial charge is 0.0929 e. The standard InChI is InChI=1S/C12H12ClN3/c13-10-3-1-9(2-4-10)12-6-5-11(7-8-14)15-16-12/h1-6H,7-8,14H2. The van der Waals surface area contributed by atoms with Gasteiger partial charge in [-0.1, -0.05) is 23.7 Å². The second-order valence-electron chi connectivity index (χ2n) is 3.46. The molecule has 2 rings (SSSR count). The Kier molecular flexibility index (Phi) is 3.49. The van der Waals surface area contributed by atoms with Gasteiger partial charge >= 0.3 is 0 Å². The molecule has 0 atom stereocenters. The van der Waals surface area contributed by atoms with Crippen LogP contribution < -0.4 is 5.73 Å². The van der Waals surface area contributed by atoms with Crippen LogP contribution in [-0.2, 0) is 6.42 Å². The van der Waals surface area contributed by atoms with E-state index in [9.17, 15) is 0 Å². The molecular weight excluding hydrogens is 222 g/mol. The largest absolute Gasteiger partial charge is 0.330 e. The fourth-order valence-corrected chi connectivity index (χ4v) is 1.54. The van der Waals surface area contributed by atoms with Gasteiger partial charge in [0.15, 0.2) is 0 Å². The number of hydrogen-bond acceptors (Lipinski definition) is 3. The van der Waals surface area contributed by atoms with Gasteiger partial charge in [0.05, 0.1) is 11.4 Å². The van der Waals surface area contributed by atoms with Crippen LogP contribution >= 0.6 is 11.6 Å². The zero-order valence-electron chi connectivity index (χ0n) is 8.73. The molecule has 0 aliphatic carbocycles. The molecule has 0 aliphatic heterocycles. The maximum atomic E-state index is 5.82. The zero-order chi connectivity index (χ0) is 11.4. The summed E-state index contributed by atoms with van der Waals surface area (Å²) < 4.78 is 0. The molecule has 0 bridgehead atoms. The quantitative estimate of drug-likeness (QED) is 0.885. The van der Waals surface area contributed by atoms with Gasteiger partial charge in [-0.05, 0) is 30.8 Å². The van der Waals surface area contributed by atoms with Crippen LogP contribution in [0, 0.1) is 0 Å². The van der Waals surface area contributed by atoms with E-state index in [0.29, 0.717) is 6.54 Å². The molecule has 4 heteroatoms. The van der Waals surface area contributed by atoms with Crippen LogP contribution in [0.5, 0.6) is 0 Å². The maximum absolute atomic E-state index is 5.82. The number of halogens is 1. The second-order valence-corrected chi connectivity index (χ2v) is 3.89. The Morgan fingerprint density at radius 2 is 1.75 bits per heavy atom. The highest BCUT2D eigenvalue weighted by Gasteiger charge is 2.00. The summed E-state index contributed by atoms with van der Waals surface area (Å²) in [6.07, 6.45) is 0.758. The van der Waals surface area contributed by atoms with Gasteiger partial charge in [-0.2, -0.15) is 10.2 Å². The summed E-state index contributed by atoms with van der Waals surface area (Å²) in [5, 5.41) is 8.97. The van der Waals surface area contributed by atoms with E-state index >= 15 is 0 Å². The van der Waals surface area contributed by atoms with E-state index in [1.807, 2.05) is 36.4 Å². The summed E-state index contributed by atoms with van der Waals surface area (Å²) in [6.45, 7) is 0.592. The van der Waals surface area contributed by atoms with Crippen molar-refractivity contribution in [3.05, 3.63) is 47.1 Å². The third-order valence-corrected chi connectivity index (χ3v) is 2.51. The van der Waals surface area contributed by atoms with Crippen molar-refractivity contribution in [3.8, 4) is 11.3 Å². The van der Waals surface area contributed by atoms with Crippen molar-refractivity contribution in [1.29, 1.82) is 0 Å². The van der Waals surface area contributed by atoms with Gasteiger partial charge in [-0.25, -0.2) is 0 Å². The van der Waals surface area contributed by atoms with E-state index < -0.39 is 0 Å². The Labute approximate surface area is 99.3 Å². The van der Waals surface area contributed by atoms with E-state index in [4.69, 9.17) is 17.3 Å². The van der Waals surface area contributed by atoms with Gasteiger partial charge < -0.3 is 5.73 Å². The number of hydrogen-bond donors (Lipinski definition) is 1. The van der Waals surface area contributed by atoms with Crippen molar-refractivity contribution in [3.63, 3.8) is 0 Å². The predicted molar refractivity (Wildman–Crippen MR) is 65.2 cm³/mol. The Morgan fingerprint density at radius 3 is 2.31 bits per heavy atom. The molecule has 2 aromatic rings. The Morgan fingerprint density at radius 1 is 1.00 bits per heavy atom. The lowest BCUT2D eigenvalue weighted by Gasteiger charge is -2.01. The van der Waals surface area contributed by atoms with Gasteiger partial charge in [0, 0.05) is 17.0 Å². The fraction of sp³-hybridized carbons (Fsp3) is 0.167. The molecule has 0 aliphatic rings. The minimum absolute atomic E-state index is 0.592. The molecule has 1 aromatic carbocycles. The van der Waals surface area contributed by atoms with Crippen molar-refractivity contribution in [2.45, 2.75) is 6.42 Å². The zero-order valence-corrected chi connectivity index (χ0v) is 9.48. The van der Waals surface area contributed by atoms with Crippen LogP contribution in [0.15, 0.2) is 36.4 Å². The highest BCUT2D eigenvalue weighted by Crippen LogP contribution is 2.18. The Balaban J connectivity index is 2.24. The Hall–Kier alpha value is -1.45. The lowest BCUT2D eigenvalue weighted by atomic mass is 10.1. The molecule has 1 aromatic heterocycles. The summed E-state index contributed by atoms with van der Waals surface area (Å²) in [7, 11) is 0. The number of aromatic nitrogens is 2. The average molecular weight is 234 g/mol. The fourth-order valence-electron chi connectivity index (χ4n) is 1.42. The summed E-state index contributed by atoms with van der Waals surface area (Å²) in [5.74, 6) is 0. The molecule has 0 fully saturated rings. The molecular formula is C12H12ClN3. The van der Waals surface area contributed by atoms with E-state index in [-0.39, 0.29) is 0 Å². The first-order valence-electron chi connectivity index (χ1n) is 5.08. The van der Waals surface area contributed by atoms with Gasteiger partial charge in [0.1, 0.15) is 0 Å². The first-order chi connectivity index (χ1) is 7.79. The van der Waals surface area contributed by atoms with Crippen LogP contribution in [0.1, 0.15) is 5.69 Å². The van der Waals surface area contributed by atoms with Crippen molar-refractivity contribution >= 4 is 11.6 Å². The number of nitrogens with two attached hydrogens (primary N) is 1. The van der Waals surface area contributed by atoms with Crippen molar-refractivity contribution in [2.75, 3.05) is 6.54 Å². The SMILES string of the molecule is NCCc1ccc(-c2ccc(Cl)cc2)nn1. The first kappa shape index (κ1) is 11.0. The minimum Gasteiger partial charge on any atom is -0.330 e. The maximum Gasteiger partial charge on any atom is 0.0929 e. The van der Waals surface area contributed by atoms with Gasteiger partial charge in [-0.3, -0.25) is 0 Å². The van der Waals surface area contributed by atoms with Crippen LogP contribution in [0.25, 0.3) is 11.3 Å². The predicted octanol–water partition coefficient (Wildman–Crippen LogP) is 2.30. The topological polar surface area (TPSA) is 51.8 Å². The first-order valence-corrected chi connectivity index (χ1v) is 5.46. The molecule has 16 heavy (non-hydrogen) atoms. The molecule has 0 saturated carbocycles. The highest BCUT2D eigenvalue weighted by molar-refractivity contribution is 6.30. The Bertz CT molecular complexity index is 451. The second kappa shape index (κ2) is 5.05. The lowest BCUT2D eigenvalue weighted by Crippen LogP contribution is -2.05. The summed E-state index contributed by atoms with van der Waals surface area (Å²) in [5.41, 5.74) is 8.22. The number of rotatable bonds is 3. The van der Waals surface area contributed by atoms with Gasteiger partial charge in [-0.15, -0.1) is 0 Å². The van der Waals surface area contributed by atoms with Crippen LogP contribution in [0.3, 0.4) is 0 Å². The van der Waals surface area contributed by atoms with E-state index in [0.717, 1.165) is 28.4 Å². The third-order valence-electron chi connectivity index (χ3n) is 2.26. The van der Waals surface area contributed by atoms with E-state index in [1.54, 1.807) is 0 Å². The average Bonchev–Trinajstić information content (AvgIpc) is 2.32. The highest BCUT2D eigenvalue weighted by atomic mass is 35.5. The van der Waals surface area contributed by atoms with Crippen molar-refractivity contribution < 1.29 is 0 Å². The molecule has 0 spiro atoms. The third kappa shape index (κ3) is 2.56. The van der Waals surface area contributed by atoms with Crippen LogP contribution in [0.2, 0.25) is 5.02 Å². The van der Waals surface area contributed by atoms with Crippen molar-refractivity contribution in [1.82, 2.24) is 10.2 Å². The lowest BCUT2D eigenvalue weighted by molar-refractivity contribution is 0.869. The minimum atomic E-state index is 0.592. The van der Waals surface area contributed by atoms with Gasteiger partial charge in [0.2, 0.25) is 0 Å². The summed E-state index contributed by atoms with van der Waals surface area (Å²) in [4.78, 5) is 0. The molecule has 1 heterocycles. The monoisotopic (exact) mass is 233 g/mol. The summed E-state index contributed by atoms with van der Waals surface area (Å²) >= 11 is 5.82. The van der Waals surface area contributed by atoms with Crippen LogP contribution in [0.4, 0.5) is 0 Å². The molecule has 3 nitrogen and oxygen atoms in total. The van der Waals surface area contributed by atoms with E-state index in [1.165, 1.54) is 0 Å². The van der Waals surface area contributed by atoms with Gasteiger partial charge in [0.25, 0.3) is 0 Å². The van der Waals surface area contributed by atoms with Crippen molar-refractivity contribution in [2.24, 2.45) is 5.73 Å². The molecule has 0 radical (unpaired) electrons. The number of benzene rings is 1. The molecule has 82 valence electrons. The normalized spacial score (nSPS) is 10.4. The molecule has 2 N–H and O–H groups in total. The number of nitrogens with zero attached hydrogens (tertiary/aromatic N) is 2. The molecule has 0 saturated heterocycles. The molecule has 0 unspecified atom stereocenters.